The molecule has 0 aromatic heterocycles. The van der Waals surface area contributed by atoms with Gasteiger partial charge >= 0.3 is 6.18 Å². The zero-order chi connectivity index (χ0) is 32.0. The zero-order valence-corrected chi connectivity index (χ0v) is 22.6. The molecule has 4 N–H and O–H groups in total. The molecule has 11 nitrogen and oxygen atoms in total. The average molecular weight is 597 g/mol. The lowest BCUT2D eigenvalue weighted by molar-refractivity contribution is -0.362. The van der Waals surface area contributed by atoms with Crippen LogP contribution in [0.15, 0.2) is 48.5 Å². The molecule has 6 atom stereocenters. The summed E-state index contributed by atoms with van der Waals surface area (Å²) in [6.07, 6.45) is -13.4. The molecule has 0 radical (unpaired) electrons. The van der Waals surface area contributed by atoms with Gasteiger partial charge in [0.1, 0.15) is 18.0 Å². The van der Waals surface area contributed by atoms with Crippen molar-refractivity contribution in [3.05, 3.63) is 54.1 Å². The van der Waals surface area contributed by atoms with E-state index in [0.29, 0.717) is 31.5 Å². The Balaban J connectivity index is 2.35. The third-order valence-corrected chi connectivity index (χ3v) is 7.22. The van der Waals surface area contributed by atoms with Crippen LogP contribution in [0.2, 0.25) is 0 Å². The van der Waals surface area contributed by atoms with Crippen molar-refractivity contribution < 1.29 is 67.0 Å². The van der Waals surface area contributed by atoms with Crippen LogP contribution < -0.4 is 0 Å². The lowest BCUT2D eigenvalue weighted by Gasteiger charge is -2.57. The monoisotopic (exact) mass is 596 g/mol. The van der Waals surface area contributed by atoms with Gasteiger partial charge in [-0.2, -0.15) is 13.2 Å². The van der Waals surface area contributed by atoms with Crippen LogP contribution in [0.1, 0.15) is 33.3 Å². The van der Waals surface area contributed by atoms with Crippen LogP contribution in [0.5, 0.6) is 0 Å². The summed E-state index contributed by atoms with van der Waals surface area (Å²) in [6, 6.07) is 10.4. The van der Waals surface area contributed by atoms with Crippen molar-refractivity contribution in [3.8, 4) is 0 Å². The van der Waals surface area contributed by atoms with Crippen molar-refractivity contribution in [2.24, 2.45) is 0 Å². The maximum Gasteiger partial charge on any atom is 0.454 e. The highest BCUT2D eigenvalue weighted by Crippen LogP contribution is 2.49. The second kappa shape index (κ2) is 11.1. The Morgan fingerprint density at radius 3 is 1.90 bits per heavy atom. The Bertz CT molecular complexity index is 1500. The number of carbonyl (C=O) groups excluding carboxylic acids is 5. The molecule has 1 heterocycles. The van der Waals surface area contributed by atoms with E-state index < -0.39 is 76.2 Å². The lowest BCUT2D eigenvalue weighted by atomic mass is 9.60. The van der Waals surface area contributed by atoms with Crippen LogP contribution in [0.25, 0.3) is 16.5 Å². The molecule has 0 saturated carbocycles. The number of halogens is 3. The van der Waals surface area contributed by atoms with Gasteiger partial charge in [-0.25, -0.2) is 0 Å². The predicted octanol–water partition coefficient (Wildman–Crippen LogP) is 0.964. The fourth-order valence-electron chi connectivity index (χ4n) is 4.88. The van der Waals surface area contributed by atoms with E-state index in [1.165, 1.54) is 18.2 Å². The number of hydrogen-bond donors (Lipinski definition) is 4. The third kappa shape index (κ3) is 5.05. The van der Waals surface area contributed by atoms with Gasteiger partial charge in [-0.3, -0.25) is 24.0 Å². The number of rotatable bonds is 9. The maximum atomic E-state index is 13.3. The maximum absolute atomic E-state index is 13.3. The fraction of sp³-hybridized carbons (Fsp3) is 0.393. The van der Waals surface area contributed by atoms with Crippen molar-refractivity contribution >= 4 is 45.4 Å². The van der Waals surface area contributed by atoms with Gasteiger partial charge in [0.15, 0.2) is 28.7 Å². The molecule has 14 heteroatoms. The number of aliphatic hydroxyl groups excluding tert-OH is 1. The molecule has 1 aliphatic heterocycles. The van der Waals surface area contributed by atoms with Gasteiger partial charge in [0.25, 0.3) is 5.78 Å². The number of fused-ring (bicyclic) bond motifs is 1. The number of Topliss-reactive ketones (excluding diaryl/α,β-unsaturated/α-hetero) is 4. The summed E-state index contributed by atoms with van der Waals surface area (Å²) in [6.45, 7) is 2.50. The first-order valence-electron chi connectivity index (χ1n) is 12.3. The smallest absolute Gasteiger partial charge is 0.454 e. The Morgan fingerprint density at radius 2 is 1.43 bits per heavy atom. The number of alkyl halides is 3. The minimum absolute atomic E-state index is 0.0526. The fourth-order valence-corrected chi connectivity index (χ4v) is 4.88. The summed E-state index contributed by atoms with van der Waals surface area (Å²) in [5.74, 6) is -9.41. The molecule has 0 spiro atoms. The topological polar surface area (TPSA) is 185 Å². The second-order valence-electron chi connectivity index (χ2n) is 9.91. The van der Waals surface area contributed by atoms with Crippen LogP contribution in [-0.2, 0) is 33.4 Å². The molecule has 2 aromatic rings. The van der Waals surface area contributed by atoms with Crippen LogP contribution in [0.4, 0.5) is 13.2 Å². The number of hydrogen-bond acceptors (Lipinski definition) is 11. The highest BCUT2D eigenvalue weighted by atomic mass is 19.4. The molecule has 0 aliphatic carbocycles. The average Bonchev–Trinajstić information content (AvgIpc) is 2.90. The first-order chi connectivity index (χ1) is 19.2. The van der Waals surface area contributed by atoms with E-state index in [-0.39, 0.29) is 11.6 Å². The Kier molecular flexibility index (Phi) is 8.65. The number of ketones is 5. The lowest BCUT2D eigenvalue weighted by Crippen LogP contribution is -2.87. The molecule has 1 fully saturated rings. The molecule has 1 saturated heterocycles. The van der Waals surface area contributed by atoms with E-state index in [0.717, 1.165) is 6.92 Å². The Hall–Kier alpha value is -3.82. The number of carbonyl (C=O) groups is 5. The van der Waals surface area contributed by atoms with Crippen LogP contribution in [-0.4, -0.2) is 90.8 Å². The molecule has 42 heavy (non-hydrogen) atoms. The second-order valence-corrected chi connectivity index (χ2v) is 9.91. The van der Waals surface area contributed by atoms with Gasteiger partial charge < -0.3 is 29.9 Å². The predicted molar refractivity (Wildman–Crippen MR) is 136 cm³/mol. The van der Waals surface area contributed by atoms with E-state index >= 15 is 0 Å². The summed E-state index contributed by atoms with van der Waals surface area (Å²) in [7, 11) is 0. The molecule has 3 rings (SSSR count). The van der Waals surface area contributed by atoms with E-state index in [1.807, 2.05) is 0 Å². The standard InChI is InChI=1S/C28H27F3O11/c1-13(32)22(37)23-25(38,14(2)33)27(40,16(4)35)26(39,15(3)34)24(42-23)41-20(12-21(36)28(29,30)31)19-10-9-17-7-5-6-8-18(17)11-19/h5-12,22-24,37-40H,1-4H3/t22?,23-,24?,25+,26+,27+/m1/s1. The largest absolute Gasteiger partial charge is 0.460 e. The van der Waals surface area contributed by atoms with E-state index in [2.05, 4.69) is 0 Å². The van der Waals surface area contributed by atoms with Gasteiger partial charge in [0.2, 0.25) is 17.5 Å². The van der Waals surface area contributed by atoms with E-state index in [4.69, 9.17) is 9.47 Å². The minimum atomic E-state index is -5.43. The van der Waals surface area contributed by atoms with Gasteiger partial charge in [0, 0.05) is 11.6 Å². The van der Waals surface area contributed by atoms with Gasteiger partial charge in [-0.1, -0.05) is 36.4 Å². The highest BCUT2D eigenvalue weighted by Gasteiger charge is 2.80. The third-order valence-electron chi connectivity index (χ3n) is 7.22. The van der Waals surface area contributed by atoms with Crippen molar-refractivity contribution in [1.82, 2.24) is 0 Å². The first kappa shape index (κ1) is 32.7. The van der Waals surface area contributed by atoms with Crippen molar-refractivity contribution in [1.29, 1.82) is 0 Å². The normalized spacial score (nSPS) is 29.1. The highest BCUT2D eigenvalue weighted by molar-refractivity contribution is 6.06. The number of ether oxygens (including phenoxy) is 2. The van der Waals surface area contributed by atoms with Crippen LogP contribution >= 0.6 is 0 Å². The molecule has 0 bridgehead atoms. The summed E-state index contributed by atoms with van der Waals surface area (Å²) in [4.78, 5) is 62.6. The SMILES string of the molecule is CC(=O)C(O)[C@H]1OC(OC(=CC(=O)C(F)(F)F)c2ccc3ccccc3c2)[C@@](O)(C(C)=O)[C@](O)(C(C)=O)[C@]1(O)C(C)=O. The first-order valence-corrected chi connectivity index (χ1v) is 12.3. The van der Waals surface area contributed by atoms with Crippen molar-refractivity contribution in [2.45, 2.75) is 69.2 Å². The Labute approximate surface area is 236 Å². The zero-order valence-electron chi connectivity index (χ0n) is 22.6. The molecule has 1 aliphatic rings. The van der Waals surface area contributed by atoms with Crippen molar-refractivity contribution in [3.63, 3.8) is 0 Å². The quantitative estimate of drug-likeness (QED) is 0.239. The summed E-state index contributed by atoms with van der Waals surface area (Å²) >= 11 is 0. The van der Waals surface area contributed by atoms with Gasteiger partial charge in [-0.05, 0) is 44.5 Å². The molecule has 2 aromatic carbocycles. The van der Waals surface area contributed by atoms with E-state index in [1.54, 1.807) is 24.3 Å². The number of benzene rings is 2. The molecule has 2 unspecified atom stereocenters. The molecule has 0 amide bonds. The van der Waals surface area contributed by atoms with Gasteiger partial charge in [0.05, 0.1) is 0 Å². The molecular formula is C28H27F3O11. The number of aliphatic hydroxyl groups is 4. The van der Waals surface area contributed by atoms with Crippen LogP contribution in [0.3, 0.4) is 0 Å². The van der Waals surface area contributed by atoms with E-state index in [9.17, 15) is 57.6 Å². The summed E-state index contributed by atoms with van der Waals surface area (Å²) in [5, 5.41) is 46.2. The molecular weight excluding hydrogens is 569 g/mol. The minimum Gasteiger partial charge on any atom is -0.460 e. The Morgan fingerprint density at radius 1 is 0.881 bits per heavy atom. The summed E-state index contributed by atoms with van der Waals surface area (Å²) < 4.78 is 50.7. The van der Waals surface area contributed by atoms with Crippen molar-refractivity contribution in [2.75, 3.05) is 0 Å². The summed E-state index contributed by atoms with van der Waals surface area (Å²) in [5.41, 5.74) is -11.6. The van der Waals surface area contributed by atoms with Gasteiger partial charge in [-0.15, -0.1) is 0 Å². The van der Waals surface area contributed by atoms with Crippen LogP contribution in [0, 0.1) is 0 Å². The number of allylic oxidation sites excluding steroid dienone is 1. The molecule has 226 valence electrons.